The van der Waals surface area contributed by atoms with E-state index in [0.717, 1.165) is 73.5 Å². The molecule has 2 aliphatic heterocycles. The smallest absolute Gasteiger partial charge is 0.253 e. The molecule has 0 unspecified atom stereocenters. The topological polar surface area (TPSA) is 109 Å². The molecule has 2 heterocycles. The van der Waals surface area contributed by atoms with Crippen molar-refractivity contribution in [2.24, 2.45) is 0 Å². The van der Waals surface area contributed by atoms with Gasteiger partial charge in [0.15, 0.2) is 11.6 Å². The minimum Gasteiger partial charge on any atom is -0.496 e. The van der Waals surface area contributed by atoms with E-state index in [0.29, 0.717) is 65.7 Å². The first kappa shape index (κ1) is 40.2. The van der Waals surface area contributed by atoms with Crippen LogP contribution >= 0.6 is 0 Å². The predicted octanol–water partition coefficient (Wildman–Crippen LogP) is 6.37. The zero-order valence-corrected chi connectivity index (χ0v) is 33.4. The van der Waals surface area contributed by atoms with Crippen molar-refractivity contribution in [3.05, 3.63) is 101 Å². The Balaban J connectivity index is 0.924. The van der Waals surface area contributed by atoms with Crippen molar-refractivity contribution in [1.82, 2.24) is 19.6 Å². The number of piperazine rings is 2. The summed E-state index contributed by atoms with van der Waals surface area (Å²) >= 11 is 0. The van der Waals surface area contributed by atoms with E-state index < -0.39 is 0 Å². The summed E-state index contributed by atoms with van der Waals surface area (Å²) in [6, 6.07) is 22.7. The van der Waals surface area contributed by atoms with E-state index in [1.165, 1.54) is 21.1 Å². The van der Waals surface area contributed by atoms with Crippen molar-refractivity contribution < 1.29 is 33.4 Å². The van der Waals surface area contributed by atoms with Crippen molar-refractivity contribution in [3.8, 4) is 39.5 Å². The van der Waals surface area contributed by atoms with Gasteiger partial charge < -0.3 is 24.0 Å². The molecule has 2 aliphatic rings. The van der Waals surface area contributed by atoms with Crippen LogP contribution in [0, 0.1) is 6.92 Å². The van der Waals surface area contributed by atoms with Gasteiger partial charge in [-0.1, -0.05) is 30.3 Å². The molecule has 4 aromatic rings. The van der Waals surface area contributed by atoms with Crippen LogP contribution in [0.4, 0.5) is 0 Å². The lowest BCUT2D eigenvalue weighted by molar-refractivity contribution is 0.0605. The molecule has 11 nitrogen and oxygen atoms in total. The summed E-state index contributed by atoms with van der Waals surface area (Å²) in [7, 11) is 4.63. The summed E-state index contributed by atoms with van der Waals surface area (Å²) in [6.45, 7) is 13.0. The Labute approximate surface area is 329 Å². The molecule has 4 aromatic carbocycles. The van der Waals surface area contributed by atoms with Gasteiger partial charge in [0, 0.05) is 63.5 Å². The van der Waals surface area contributed by atoms with Gasteiger partial charge in [-0.15, -0.1) is 0 Å². The Hall–Kier alpha value is -5.52. The number of hydrogen-bond donors (Lipinski definition) is 0. The van der Waals surface area contributed by atoms with Crippen LogP contribution in [0.25, 0.3) is 22.3 Å². The Kier molecular flexibility index (Phi) is 12.9. The fourth-order valence-electron chi connectivity index (χ4n) is 7.80. The maximum atomic E-state index is 13.4. The van der Waals surface area contributed by atoms with E-state index in [4.69, 9.17) is 14.2 Å². The van der Waals surface area contributed by atoms with Crippen molar-refractivity contribution >= 4 is 23.4 Å². The molecular formula is C45H52N4O7. The van der Waals surface area contributed by atoms with Crippen molar-refractivity contribution in [2.75, 3.05) is 86.8 Å². The number of nitrogens with zero attached hydrogens (tertiary/aromatic N) is 4. The quantitative estimate of drug-likeness (QED) is 0.144. The third-order valence-corrected chi connectivity index (χ3v) is 10.9. The van der Waals surface area contributed by atoms with Gasteiger partial charge in [0.1, 0.15) is 22.8 Å². The summed E-state index contributed by atoms with van der Waals surface area (Å²) in [5.41, 5.74) is 6.80. The monoisotopic (exact) mass is 760 g/mol. The van der Waals surface area contributed by atoms with Gasteiger partial charge in [-0.2, -0.15) is 0 Å². The average Bonchev–Trinajstić information content (AvgIpc) is 3.22. The predicted molar refractivity (Wildman–Crippen MR) is 217 cm³/mol. The fraction of sp³-hybridized carbons (Fsp3) is 0.378. The minimum absolute atomic E-state index is 0.0258. The first-order valence-corrected chi connectivity index (χ1v) is 19.2. The number of rotatable bonds is 13. The van der Waals surface area contributed by atoms with E-state index in [-0.39, 0.29) is 23.4 Å². The Morgan fingerprint density at radius 3 is 1.21 bits per heavy atom. The molecule has 6 rings (SSSR count). The van der Waals surface area contributed by atoms with E-state index >= 15 is 0 Å². The number of hydrogen-bond acceptors (Lipinski definition) is 9. The lowest BCUT2D eigenvalue weighted by atomic mass is 9.96. The number of methoxy groups -OCH3 is 3. The Bertz CT molecular complexity index is 2040. The van der Waals surface area contributed by atoms with Gasteiger partial charge in [0.25, 0.3) is 11.8 Å². The van der Waals surface area contributed by atoms with Crippen LogP contribution in [-0.4, -0.2) is 130 Å². The molecule has 0 aliphatic carbocycles. The summed E-state index contributed by atoms with van der Waals surface area (Å²) in [5, 5.41) is 0. The molecule has 0 aromatic heterocycles. The SMILES string of the molecule is COc1cc(-c2ccc(C(=O)N3CCN(CCCN4CCN(C(=O)c5ccc(-c6cc(OC)c(C(C)=O)c(OC)c6)cc5)CC4)CC3)cc2)cc(C)c1C(C)=O. The standard InChI is InChI=1S/C45H52N4O7/c1-30-26-37(27-39(54-4)42(30)31(2)50)33-8-12-35(13-9-33)44(52)48-22-18-46(19-23-48)16-7-17-47-20-24-49(25-21-47)45(53)36-14-10-34(11-15-36)38-28-40(55-5)43(32(3)51)41(29-38)56-6/h8-15,26-29H,7,16-25H2,1-6H3. The zero-order chi connectivity index (χ0) is 39.9. The van der Waals surface area contributed by atoms with Gasteiger partial charge in [-0.25, -0.2) is 0 Å². The average molecular weight is 761 g/mol. The number of amides is 2. The van der Waals surface area contributed by atoms with Crippen LogP contribution in [-0.2, 0) is 0 Å². The lowest BCUT2D eigenvalue weighted by Gasteiger charge is -2.37. The van der Waals surface area contributed by atoms with Crippen LogP contribution in [0.15, 0.2) is 72.8 Å². The minimum atomic E-state index is -0.135. The third-order valence-electron chi connectivity index (χ3n) is 10.9. The number of aryl methyl sites for hydroxylation is 1. The summed E-state index contributed by atoms with van der Waals surface area (Å²) in [4.78, 5) is 59.7. The summed E-state index contributed by atoms with van der Waals surface area (Å²) in [6.07, 6.45) is 1.03. The molecule has 0 spiro atoms. The summed E-state index contributed by atoms with van der Waals surface area (Å²) < 4.78 is 16.5. The van der Waals surface area contributed by atoms with Gasteiger partial charge in [0.2, 0.25) is 0 Å². The number of carbonyl (C=O) groups is 4. The second-order valence-electron chi connectivity index (χ2n) is 14.5. The fourth-order valence-corrected chi connectivity index (χ4v) is 7.80. The number of benzene rings is 4. The molecule has 0 bridgehead atoms. The molecule has 2 fully saturated rings. The van der Waals surface area contributed by atoms with E-state index in [1.807, 2.05) is 89.5 Å². The number of carbonyl (C=O) groups excluding carboxylic acids is 4. The van der Waals surface area contributed by atoms with E-state index in [9.17, 15) is 19.2 Å². The lowest BCUT2D eigenvalue weighted by Crippen LogP contribution is -2.50. The summed E-state index contributed by atoms with van der Waals surface area (Å²) in [5.74, 6) is 1.36. The molecule has 0 atom stereocenters. The van der Waals surface area contributed by atoms with Crippen molar-refractivity contribution in [1.29, 1.82) is 0 Å². The molecule has 0 radical (unpaired) electrons. The Morgan fingerprint density at radius 1 is 0.500 bits per heavy atom. The highest BCUT2D eigenvalue weighted by Crippen LogP contribution is 2.36. The number of ether oxygens (including phenoxy) is 3. The van der Waals surface area contributed by atoms with Gasteiger partial charge in [0.05, 0.1) is 26.9 Å². The largest absolute Gasteiger partial charge is 0.496 e. The molecule has 2 saturated heterocycles. The molecule has 56 heavy (non-hydrogen) atoms. The molecule has 294 valence electrons. The number of Topliss-reactive ketones (excluding diaryl/α,β-unsaturated/α-hetero) is 2. The highest BCUT2D eigenvalue weighted by Gasteiger charge is 2.25. The molecule has 11 heteroatoms. The molecular weight excluding hydrogens is 709 g/mol. The van der Waals surface area contributed by atoms with Crippen LogP contribution in [0.3, 0.4) is 0 Å². The van der Waals surface area contributed by atoms with Crippen molar-refractivity contribution in [2.45, 2.75) is 27.2 Å². The maximum absolute atomic E-state index is 13.4. The first-order chi connectivity index (χ1) is 27.0. The van der Waals surface area contributed by atoms with E-state index in [2.05, 4.69) is 9.80 Å². The normalized spacial score (nSPS) is 15.0. The Morgan fingerprint density at radius 2 is 0.857 bits per heavy atom. The maximum Gasteiger partial charge on any atom is 0.253 e. The van der Waals surface area contributed by atoms with Crippen LogP contribution in [0.5, 0.6) is 17.2 Å². The van der Waals surface area contributed by atoms with Gasteiger partial charge in [-0.3, -0.25) is 29.0 Å². The van der Waals surface area contributed by atoms with Crippen LogP contribution in [0.1, 0.15) is 67.3 Å². The second kappa shape index (κ2) is 18.0. The second-order valence-corrected chi connectivity index (χ2v) is 14.5. The first-order valence-electron chi connectivity index (χ1n) is 19.2. The third kappa shape index (κ3) is 8.95. The van der Waals surface area contributed by atoms with Gasteiger partial charge in [-0.05, 0) is 111 Å². The van der Waals surface area contributed by atoms with Gasteiger partial charge >= 0.3 is 0 Å². The molecule has 2 amide bonds. The van der Waals surface area contributed by atoms with Crippen molar-refractivity contribution in [3.63, 3.8) is 0 Å². The molecule has 0 N–H and O–H groups in total. The van der Waals surface area contributed by atoms with Crippen LogP contribution in [0.2, 0.25) is 0 Å². The highest BCUT2D eigenvalue weighted by molar-refractivity contribution is 6.01. The molecule has 0 saturated carbocycles. The zero-order valence-electron chi connectivity index (χ0n) is 33.4. The van der Waals surface area contributed by atoms with E-state index in [1.54, 1.807) is 14.0 Å². The number of ketones is 2. The highest BCUT2D eigenvalue weighted by atomic mass is 16.5. The van der Waals surface area contributed by atoms with Crippen LogP contribution < -0.4 is 14.2 Å².